The van der Waals surface area contributed by atoms with Gasteiger partial charge in [0, 0.05) is 13.0 Å². The number of hydrogen-bond acceptors (Lipinski definition) is 3. The van der Waals surface area contributed by atoms with Crippen LogP contribution in [0.5, 0.6) is 0 Å². The first-order valence-corrected chi connectivity index (χ1v) is 8.27. The van der Waals surface area contributed by atoms with Crippen molar-refractivity contribution in [1.82, 2.24) is 10.6 Å². The standard InChI is InChI=1S/C13H18N2O2.C5H13N/c1-10(8-12-6-4-3-5-7-12)15-13(17)9-14-11(2)16;1-2-3-4-5-6/h3-7,10H,8-9H2,1-2H3,(H,14,16)(H,15,17);2-6H2,1H3/t10-;/m0./s1. The number of carbonyl (C=O) groups excluding carboxylic acids is 2. The van der Waals surface area contributed by atoms with Crippen LogP contribution < -0.4 is 16.4 Å². The van der Waals surface area contributed by atoms with Crippen LogP contribution >= 0.6 is 0 Å². The van der Waals surface area contributed by atoms with Crippen molar-refractivity contribution in [2.24, 2.45) is 5.73 Å². The lowest BCUT2D eigenvalue weighted by atomic mass is 10.1. The van der Waals surface area contributed by atoms with Crippen molar-refractivity contribution >= 4 is 11.8 Å². The van der Waals surface area contributed by atoms with Gasteiger partial charge in [0.1, 0.15) is 0 Å². The summed E-state index contributed by atoms with van der Waals surface area (Å²) in [5.74, 6) is -0.362. The summed E-state index contributed by atoms with van der Waals surface area (Å²) >= 11 is 0. The average molecular weight is 321 g/mol. The number of amides is 2. The molecule has 5 heteroatoms. The third-order valence-electron chi connectivity index (χ3n) is 3.10. The highest BCUT2D eigenvalue weighted by Crippen LogP contribution is 2.02. The van der Waals surface area contributed by atoms with Crippen molar-refractivity contribution in [3.63, 3.8) is 0 Å². The summed E-state index contributed by atoms with van der Waals surface area (Å²) in [6, 6.07) is 10.0. The Kier molecular flexibility index (Phi) is 12.6. The molecule has 1 aromatic carbocycles. The molecule has 0 spiro atoms. The van der Waals surface area contributed by atoms with Crippen molar-refractivity contribution in [2.75, 3.05) is 13.1 Å². The summed E-state index contributed by atoms with van der Waals surface area (Å²) in [5.41, 5.74) is 6.39. The van der Waals surface area contributed by atoms with Gasteiger partial charge in [0.25, 0.3) is 0 Å². The van der Waals surface area contributed by atoms with Gasteiger partial charge in [0.05, 0.1) is 6.54 Å². The van der Waals surface area contributed by atoms with Gasteiger partial charge in [-0.15, -0.1) is 0 Å². The molecular formula is C18H31N3O2. The second-order valence-corrected chi connectivity index (χ2v) is 5.56. The summed E-state index contributed by atoms with van der Waals surface area (Å²) < 4.78 is 0. The molecule has 23 heavy (non-hydrogen) atoms. The molecular weight excluding hydrogens is 290 g/mol. The molecule has 0 aliphatic carbocycles. The van der Waals surface area contributed by atoms with Crippen molar-refractivity contribution in [2.45, 2.75) is 52.5 Å². The monoisotopic (exact) mass is 321 g/mol. The Balaban J connectivity index is 0.000000688. The average Bonchev–Trinajstić information content (AvgIpc) is 2.52. The van der Waals surface area contributed by atoms with Gasteiger partial charge in [-0.05, 0) is 31.9 Å². The Morgan fingerprint density at radius 3 is 2.30 bits per heavy atom. The van der Waals surface area contributed by atoms with Crippen LogP contribution in [-0.4, -0.2) is 30.9 Å². The van der Waals surface area contributed by atoms with Gasteiger partial charge in [0.2, 0.25) is 11.8 Å². The summed E-state index contributed by atoms with van der Waals surface area (Å²) in [7, 11) is 0. The van der Waals surface area contributed by atoms with E-state index in [-0.39, 0.29) is 24.4 Å². The molecule has 0 radical (unpaired) electrons. The van der Waals surface area contributed by atoms with E-state index in [0.717, 1.165) is 13.0 Å². The van der Waals surface area contributed by atoms with Gasteiger partial charge in [-0.25, -0.2) is 0 Å². The third kappa shape index (κ3) is 13.5. The predicted octanol–water partition coefficient (Wildman–Crippen LogP) is 2.01. The molecule has 1 aromatic rings. The maximum atomic E-state index is 11.4. The topological polar surface area (TPSA) is 84.2 Å². The summed E-state index contributed by atoms with van der Waals surface area (Å²) in [4.78, 5) is 22.1. The van der Waals surface area contributed by atoms with Crippen LogP contribution in [0.4, 0.5) is 0 Å². The van der Waals surface area contributed by atoms with E-state index < -0.39 is 0 Å². The van der Waals surface area contributed by atoms with E-state index in [1.165, 1.54) is 31.7 Å². The fourth-order valence-electron chi connectivity index (χ4n) is 1.94. The maximum absolute atomic E-state index is 11.4. The highest BCUT2D eigenvalue weighted by molar-refractivity contribution is 5.83. The minimum atomic E-state index is -0.198. The van der Waals surface area contributed by atoms with Crippen LogP contribution in [0, 0.1) is 0 Å². The molecule has 2 amide bonds. The zero-order valence-electron chi connectivity index (χ0n) is 14.6. The Hall–Kier alpha value is -1.88. The Morgan fingerprint density at radius 1 is 1.17 bits per heavy atom. The lowest BCUT2D eigenvalue weighted by Gasteiger charge is -2.14. The molecule has 0 heterocycles. The largest absolute Gasteiger partial charge is 0.352 e. The molecule has 0 saturated carbocycles. The molecule has 130 valence electrons. The molecule has 0 fully saturated rings. The van der Waals surface area contributed by atoms with Gasteiger partial charge in [0.15, 0.2) is 0 Å². The van der Waals surface area contributed by atoms with Crippen LogP contribution in [0.3, 0.4) is 0 Å². The minimum absolute atomic E-state index is 0.0362. The smallest absolute Gasteiger partial charge is 0.239 e. The van der Waals surface area contributed by atoms with E-state index in [2.05, 4.69) is 17.6 Å². The highest BCUT2D eigenvalue weighted by atomic mass is 16.2. The molecule has 0 unspecified atom stereocenters. The van der Waals surface area contributed by atoms with E-state index >= 15 is 0 Å². The van der Waals surface area contributed by atoms with Crippen molar-refractivity contribution in [3.8, 4) is 0 Å². The summed E-state index contributed by atoms with van der Waals surface area (Å²) in [5, 5.41) is 5.29. The zero-order chi connectivity index (χ0) is 17.5. The Bertz CT molecular complexity index is 431. The Labute approximate surface area is 140 Å². The van der Waals surface area contributed by atoms with E-state index in [9.17, 15) is 9.59 Å². The van der Waals surface area contributed by atoms with Crippen LogP contribution in [0.15, 0.2) is 30.3 Å². The summed E-state index contributed by atoms with van der Waals surface area (Å²) in [6.45, 7) is 6.40. The zero-order valence-corrected chi connectivity index (χ0v) is 14.6. The fraction of sp³-hybridized carbons (Fsp3) is 0.556. The van der Waals surface area contributed by atoms with E-state index in [1.807, 2.05) is 37.3 Å². The lowest BCUT2D eigenvalue weighted by Crippen LogP contribution is -2.41. The number of carbonyl (C=O) groups is 2. The maximum Gasteiger partial charge on any atom is 0.239 e. The second kappa shape index (κ2) is 13.8. The first kappa shape index (κ1) is 21.1. The molecule has 1 rings (SSSR count). The molecule has 0 aliphatic rings. The first-order chi connectivity index (χ1) is 11.0. The van der Waals surface area contributed by atoms with Crippen molar-refractivity contribution in [3.05, 3.63) is 35.9 Å². The van der Waals surface area contributed by atoms with E-state index in [1.54, 1.807) is 0 Å². The molecule has 0 saturated heterocycles. The van der Waals surface area contributed by atoms with Crippen molar-refractivity contribution < 1.29 is 9.59 Å². The molecule has 0 aliphatic heterocycles. The Morgan fingerprint density at radius 2 is 1.83 bits per heavy atom. The number of unbranched alkanes of at least 4 members (excludes halogenated alkanes) is 2. The fourth-order valence-corrected chi connectivity index (χ4v) is 1.94. The number of nitrogens with two attached hydrogens (primary N) is 1. The van der Waals surface area contributed by atoms with Crippen LogP contribution in [0.25, 0.3) is 0 Å². The number of benzene rings is 1. The van der Waals surface area contributed by atoms with Gasteiger partial charge in [-0.2, -0.15) is 0 Å². The number of nitrogens with one attached hydrogen (secondary N) is 2. The van der Waals surface area contributed by atoms with Crippen molar-refractivity contribution in [1.29, 1.82) is 0 Å². The quantitative estimate of drug-likeness (QED) is 0.640. The van der Waals surface area contributed by atoms with E-state index in [0.29, 0.717) is 0 Å². The summed E-state index contributed by atoms with van der Waals surface area (Å²) in [6.07, 6.45) is 4.54. The third-order valence-corrected chi connectivity index (χ3v) is 3.10. The van der Waals surface area contributed by atoms with Gasteiger partial charge in [-0.3, -0.25) is 9.59 Å². The lowest BCUT2D eigenvalue weighted by molar-refractivity contribution is -0.125. The molecule has 1 atom stereocenters. The second-order valence-electron chi connectivity index (χ2n) is 5.56. The number of rotatable bonds is 8. The van der Waals surface area contributed by atoms with Crippen LogP contribution in [0.2, 0.25) is 0 Å². The highest BCUT2D eigenvalue weighted by Gasteiger charge is 2.07. The molecule has 4 N–H and O–H groups in total. The van der Waals surface area contributed by atoms with Gasteiger partial charge < -0.3 is 16.4 Å². The normalized spacial score (nSPS) is 11.0. The van der Waals surface area contributed by atoms with Crippen LogP contribution in [-0.2, 0) is 16.0 Å². The molecule has 0 aromatic heterocycles. The number of hydrogen-bond donors (Lipinski definition) is 3. The first-order valence-electron chi connectivity index (χ1n) is 8.27. The minimum Gasteiger partial charge on any atom is -0.352 e. The molecule has 5 nitrogen and oxygen atoms in total. The molecule has 0 bridgehead atoms. The SMILES string of the molecule is CC(=O)NCC(=O)N[C@@H](C)Cc1ccccc1.CCCCCN. The predicted molar refractivity (Wildman–Crippen MR) is 95.0 cm³/mol. The van der Waals surface area contributed by atoms with E-state index in [4.69, 9.17) is 5.73 Å². The van der Waals surface area contributed by atoms with Gasteiger partial charge >= 0.3 is 0 Å². The van der Waals surface area contributed by atoms with Gasteiger partial charge in [-0.1, -0.05) is 50.1 Å². The van der Waals surface area contributed by atoms with Crippen LogP contribution in [0.1, 0.15) is 45.6 Å².